The van der Waals surface area contributed by atoms with E-state index in [2.05, 4.69) is 19.2 Å². The van der Waals surface area contributed by atoms with Crippen LogP contribution in [0.1, 0.15) is 46.5 Å². The summed E-state index contributed by atoms with van der Waals surface area (Å²) >= 11 is 0. The van der Waals surface area contributed by atoms with Crippen molar-refractivity contribution in [2.45, 2.75) is 46.5 Å². The van der Waals surface area contributed by atoms with Crippen molar-refractivity contribution in [3.63, 3.8) is 0 Å². The second-order valence-corrected chi connectivity index (χ2v) is 4.76. The van der Waals surface area contributed by atoms with Crippen LogP contribution in [0.4, 0.5) is 0 Å². The average molecular weight is 227 g/mol. The number of ether oxygens (including phenoxy) is 1. The van der Waals surface area contributed by atoms with Gasteiger partial charge in [0, 0.05) is 13.1 Å². The molecule has 0 aromatic carbocycles. The van der Waals surface area contributed by atoms with Gasteiger partial charge in [-0.1, -0.05) is 26.7 Å². The Kier molecular flexibility index (Phi) is 5.26. The molecule has 0 aromatic heterocycles. The zero-order valence-electron chi connectivity index (χ0n) is 10.8. The van der Waals surface area contributed by atoms with Crippen LogP contribution < -0.4 is 5.32 Å². The van der Waals surface area contributed by atoms with Crippen molar-refractivity contribution in [2.75, 3.05) is 19.7 Å². The maximum atomic E-state index is 11.9. The van der Waals surface area contributed by atoms with Crippen molar-refractivity contribution >= 4 is 5.97 Å². The Labute approximate surface area is 98.9 Å². The molecule has 2 unspecified atom stereocenters. The van der Waals surface area contributed by atoms with E-state index in [1.807, 2.05) is 6.92 Å². The molecule has 1 heterocycles. The average Bonchev–Trinajstić information content (AvgIpc) is 2.71. The van der Waals surface area contributed by atoms with E-state index in [1.54, 1.807) is 0 Å². The standard InChI is InChI=1S/C13H25NO2/c1-4-7-8-13(5-2)10-14-9-11(13)12(15)16-6-3/h11,14H,4-10H2,1-3H3. The van der Waals surface area contributed by atoms with Gasteiger partial charge >= 0.3 is 5.97 Å². The van der Waals surface area contributed by atoms with Gasteiger partial charge in [0.15, 0.2) is 0 Å². The minimum atomic E-state index is -0.00884. The van der Waals surface area contributed by atoms with Crippen LogP contribution in [0, 0.1) is 11.3 Å². The normalized spacial score (nSPS) is 29.3. The van der Waals surface area contributed by atoms with Gasteiger partial charge in [0.05, 0.1) is 12.5 Å². The van der Waals surface area contributed by atoms with Gasteiger partial charge in [0.25, 0.3) is 0 Å². The summed E-state index contributed by atoms with van der Waals surface area (Å²) in [6.45, 7) is 8.51. The van der Waals surface area contributed by atoms with Gasteiger partial charge in [0.2, 0.25) is 0 Å². The summed E-state index contributed by atoms with van der Waals surface area (Å²) in [5, 5.41) is 3.36. The molecular weight excluding hydrogens is 202 g/mol. The van der Waals surface area contributed by atoms with Crippen LogP contribution in [-0.2, 0) is 9.53 Å². The van der Waals surface area contributed by atoms with Crippen LogP contribution in [-0.4, -0.2) is 25.7 Å². The van der Waals surface area contributed by atoms with Gasteiger partial charge in [0.1, 0.15) is 0 Å². The Bertz CT molecular complexity index is 230. The maximum Gasteiger partial charge on any atom is 0.310 e. The first kappa shape index (κ1) is 13.5. The molecule has 0 bridgehead atoms. The number of hydrogen-bond donors (Lipinski definition) is 1. The van der Waals surface area contributed by atoms with Crippen molar-refractivity contribution in [2.24, 2.45) is 11.3 Å². The summed E-state index contributed by atoms with van der Waals surface area (Å²) in [5.74, 6) is 0.0504. The van der Waals surface area contributed by atoms with Crippen molar-refractivity contribution in [1.82, 2.24) is 5.32 Å². The van der Waals surface area contributed by atoms with Crippen LogP contribution >= 0.6 is 0 Å². The summed E-state index contributed by atoms with van der Waals surface area (Å²) < 4.78 is 5.18. The quantitative estimate of drug-likeness (QED) is 0.708. The lowest BCUT2D eigenvalue weighted by Gasteiger charge is -2.32. The van der Waals surface area contributed by atoms with Gasteiger partial charge in [-0.2, -0.15) is 0 Å². The lowest BCUT2D eigenvalue weighted by atomic mass is 9.72. The number of unbranched alkanes of at least 4 members (excludes halogenated alkanes) is 1. The molecule has 0 aliphatic carbocycles. The molecule has 1 aliphatic rings. The first-order valence-corrected chi connectivity index (χ1v) is 6.57. The van der Waals surface area contributed by atoms with E-state index in [0.717, 1.165) is 25.9 Å². The fraction of sp³-hybridized carbons (Fsp3) is 0.923. The molecule has 1 N–H and O–H groups in total. The largest absolute Gasteiger partial charge is 0.466 e. The number of hydrogen-bond acceptors (Lipinski definition) is 3. The van der Waals surface area contributed by atoms with E-state index in [9.17, 15) is 4.79 Å². The fourth-order valence-corrected chi connectivity index (χ4v) is 2.72. The number of carbonyl (C=O) groups is 1. The van der Waals surface area contributed by atoms with Crippen molar-refractivity contribution in [3.05, 3.63) is 0 Å². The Morgan fingerprint density at radius 3 is 2.75 bits per heavy atom. The van der Waals surface area contributed by atoms with Crippen LogP contribution in [0.25, 0.3) is 0 Å². The molecule has 0 spiro atoms. The molecule has 0 saturated carbocycles. The zero-order chi connectivity index (χ0) is 12.0. The van der Waals surface area contributed by atoms with E-state index in [-0.39, 0.29) is 17.3 Å². The second kappa shape index (κ2) is 6.24. The fourth-order valence-electron chi connectivity index (χ4n) is 2.72. The molecule has 3 nitrogen and oxygen atoms in total. The molecule has 1 fully saturated rings. The van der Waals surface area contributed by atoms with Crippen LogP contribution in [0.5, 0.6) is 0 Å². The minimum absolute atomic E-state index is 0.00884. The topological polar surface area (TPSA) is 38.3 Å². The van der Waals surface area contributed by atoms with Gasteiger partial charge in [-0.25, -0.2) is 0 Å². The highest BCUT2D eigenvalue weighted by Crippen LogP contribution is 2.40. The minimum Gasteiger partial charge on any atom is -0.466 e. The first-order chi connectivity index (χ1) is 7.70. The molecule has 0 aromatic rings. The number of nitrogens with one attached hydrogen (secondary N) is 1. The summed E-state index contributed by atoms with van der Waals surface area (Å²) in [6.07, 6.45) is 4.59. The highest BCUT2D eigenvalue weighted by molar-refractivity contribution is 5.74. The second-order valence-electron chi connectivity index (χ2n) is 4.76. The number of rotatable bonds is 6. The van der Waals surface area contributed by atoms with Crippen molar-refractivity contribution in [3.8, 4) is 0 Å². The zero-order valence-corrected chi connectivity index (χ0v) is 10.8. The third-order valence-electron chi connectivity index (χ3n) is 3.87. The summed E-state index contributed by atoms with van der Waals surface area (Å²) in [6, 6.07) is 0. The smallest absolute Gasteiger partial charge is 0.310 e. The Balaban J connectivity index is 2.69. The first-order valence-electron chi connectivity index (χ1n) is 6.57. The number of esters is 1. The Morgan fingerprint density at radius 1 is 1.44 bits per heavy atom. The lowest BCUT2D eigenvalue weighted by Crippen LogP contribution is -2.35. The Morgan fingerprint density at radius 2 is 2.19 bits per heavy atom. The molecule has 1 saturated heterocycles. The van der Waals surface area contributed by atoms with E-state index >= 15 is 0 Å². The predicted molar refractivity (Wildman–Crippen MR) is 65.2 cm³/mol. The monoisotopic (exact) mass is 227 g/mol. The van der Waals surface area contributed by atoms with Crippen molar-refractivity contribution in [1.29, 1.82) is 0 Å². The summed E-state index contributed by atoms with van der Waals surface area (Å²) in [5.41, 5.74) is 0.141. The molecule has 0 amide bonds. The van der Waals surface area contributed by atoms with Crippen LogP contribution in [0.3, 0.4) is 0 Å². The van der Waals surface area contributed by atoms with E-state index < -0.39 is 0 Å². The van der Waals surface area contributed by atoms with Gasteiger partial charge < -0.3 is 10.1 Å². The molecule has 16 heavy (non-hydrogen) atoms. The third-order valence-corrected chi connectivity index (χ3v) is 3.87. The molecule has 1 rings (SSSR count). The molecule has 0 radical (unpaired) electrons. The van der Waals surface area contributed by atoms with E-state index in [1.165, 1.54) is 12.8 Å². The van der Waals surface area contributed by atoms with Gasteiger partial charge in [-0.3, -0.25) is 4.79 Å². The van der Waals surface area contributed by atoms with Gasteiger partial charge in [-0.15, -0.1) is 0 Å². The van der Waals surface area contributed by atoms with Gasteiger partial charge in [-0.05, 0) is 25.2 Å². The molecule has 2 atom stereocenters. The lowest BCUT2D eigenvalue weighted by molar-refractivity contribution is -0.151. The van der Waals surface area contributed by atoms with Crippen LogP contribution in [0.2, 0.25) is 0 Å². The SMILES string of the molecule is CCCCC1(CC)CNCC1C(=O)OCC. The molecular formula is C13H25NO2. The van der Waals surface area contributed by atoms with Crippen LogP contribution in [0.15, 0.2) is 0 Å². The maximum absolute atomic E-state index is 11.9. The predicted octanol–water partition coefficient (Wildman–Crippen LogP) is 2.36. The number of carbonyl (C=O) groups excluding carboxylic acids is 1. The summed E-state index contributed by atoms with van der Waals surface area (Å²) in [7, 11) is 0. The molecule has 3 heteroatoms. The highest BCUT2D eigenvalue weighted by Gasteiger charge is 2.45. The Hall–Kier alpha value is -0.570. The molecule has 94 valence electrons. The van der Waals surface area contributed by atoms with E-state index in [0.29, 0.717) is 6.61 Å². The van der Waals surface area contributed by atoms with E-state index in [4.69, 9.17) is 4.74 Å². The third kappa shape index (κ3) is 2.76. The van der Waals surface area contributed by atoms with Crippen molar-refractivity contribution < 1.29 is 9.53 Å². The molecule has 1 aliphatic heterocycles. The summed E-state index contributed by atoms with van der Waals surface area (Å²) in [4.78, 5) is 11.9. The highest BCUT2D eigenvalue weighted by atomic mass is 16.5.